The van der Waals surface area contributed by atoms with Gasteiger partial charge in [-0.15, -0.1) is 0 Å². The number of ether oxygens (including phenoxy) is 2. The highest BCUT2D eigenvalue weighted by molar-refractivity contribution is 6.11. The number of carbonyl (C=O) groups is 2. The zero-order chi connectivity index (χ0) is 23.1. The molecule has 32 heavy (non-hydrogen) atoms. The molecular formula is C26H22O6. The number of carbonyl (C=O) groups excluding carboxylic acids is 2. The third-order valence-corrected chi connectivity index (χ3v) is 4.69. The number of rotatable bonds is 8. The van der Waals surface area contributed by atoms with Crippen molar-refractivity contribution in [1.82, 2.24) is 0 Å². The van der Waals surface area contributed by atoms with Crippen molar-refractivity contribution in [2.45, 2.75) is 0 Å². The van der Waals surface area contributed by atoms with Gasteiger partial charge in [0.25, 0.3) is 0 Å². The molecule has 0 saturated heterocycles. The predicted octanol–water partition coefficient (Wildman–Crippen LogP) is 4.91. The highest BCUT2D eigenvalue weighted by Gasteiger charge is 2.08. The van der Waals surface area contributed by atoms with Gasteiger partial charge < -0.3 is 19.7 Å². The maximum Gasteiger partial charge on any atom is 0.185 e. The molecule has 0 saturated carbocycles. The minimum absolute atomic E-state index is 0.0216. The first-order chi connectivity index (χ1) is 15.4. The first kappa shape index (κ1) is 22.4. The summed E-state index contributed by atoms with van der Waals surface area (Å²) in [5.41, 5.74) is 1.99. The molecule has 162 valence electrons. The van der Waals surface area contributed by atoms with Crippen molar-refractivity contribution in [3.8, 4) is 23.0 Å². The summed E-state index contributed by atoms with van der Waals surface area (Å²) in [7, 11) is 2.91. The van der Waals surface area contributed by atoms with E-state index in [1.807, 2.05) is 0 Å². The van der Waals surface area contributed by atoms with Gasteiger partial charge in [-0.25, -0.2) is 0 Å². The van der Waals surface area contributed by atoms with Crippen LogP contribution in [0.3, 0.4) is 0 Å². The fourth-order valence-corrected chi connectivity index (χ4v) is 2.98. The predicted molar refractivity (Wildman–Crippen MR) is 122 cm³/mol. The van der Waals surface area contributed by atoms with Crippen LogP contribution < -0.4 is 9.47 Å². The van der Waals surface area contributed by atoms with E-state index in [-0.39, 0.29) is 23.1 Å². The van der Waals surface area contributed by atoms with Gasteiger partial charge in [0, 0.05) is 11.1 Å². The van der Waals surface area contributed by atoms with Crippen LogP contribution in [-0.4, -0.2) is 36.0 Å². The van der Waals surface area contributed by atoms with Gasteiger partial charge in [0.15, 0.2) is 34.6 Å². The molecule has 0 aromatic heterocycles. The van der Waals surface area contributed by atoms with E-state index in [2.05, 4.69) is 0 Å². The van der Waals surface area contributed by atoms with Gasteiger partial charge in [0.2, 0.25) is 0 Å². The molecule has 0 heterocycles. The summed E-state index contributed by atoms with van der Waals surface area (Å²) >= 11 is 0. The number of ketones is 2. The number of hydrogen-bond acceptors (Lipinski definition) is 6. The van der Waals surface area contributed by atoms with E-state index in [4.69, 9.17) is 9.47 Å². The number of phenolic OH excluding ortho intramolecular Hbond substituents is 2. The van der Waals surface area contributed by atoms with Crippen LogP contribution in [0.15, 0.2) is 72.8 Å². The number of methoxy groups -OCH3 is 2. The average molecular weight is 430 g/mol. The largest absolute Gasteiger partial charge is 0.504 e. The van der Waals surface area contributed by atoms with Gasteiger partial charge >= 0.3 is 0 Å². The second kappa shape index (κ2) is 10.1. The first-order valence-electron chi connectivity index (χ1n) is 9.70. The van der Waals surface area contributed by atoms with Crippen LogP contribution in [0.25, 0.3) is 12.2 Å². The molecular weight excluding hydrogens is 408 g/mol. The molecule has 3 aromatic carbocycles. The maximum absolute atomic E-state index is 12.5. The Morgan fingerprint density at radius 3 is 1.50 bits per heavy atom. The summed E-state index contributed by atoms with van der Waals surface area (Å²) in [5, 5.41) is 19.7. The zero-order valence-electron chi connectivity index (χ0n) is 17.6. The van der Waals surface area contributed by atoms with E-state index in [0.29, 0.717) is 33.8 Å². The lowest BCUT2D eigenvalue weighted by atomic mass is 10.0. The molecule has 0 aliphatic rings. The molecule has 0 fully saturated rings. The summed E-state index contributed by atoms with van der Waals surface area (Å²) in [6.07, 6.45) is 5.90. The Labute approximate surface area is 185 Å². The number of phenols is 2. The van der Waals surface area contributed by atoms with Crippen LogP contribution in [0.1, 0.15) is 31.8 Å². The normalized spacial score (nSPS) is 11.1. The van der Waals surface area contributed by atoms with Crippen LogP contribution in [-0.2, 0) is 0 Å². The minimum Gasteiger partial charge on any atom is -0.504 e. The second-order valence-corrected chi connectivity index (χ2v) is 6.84. The Morgan fingerprint density at radius 2 is 1.12 bits per heavy atom. The van der Waals surface area contributed by atoms with Crippen LogP contribution in [0.2, 0.25) is 0 Å². The van der Waals surface area contributed by atoms with Gasteiger partial charge in [-0.05, 0) is 53.6 Å². The van der Waals surface area contributed by atoms with Gasteiger partial charge in [-0.3, -0.25) is 9.59 Å². The van der Waals surface area contributed by atoms with Crippen molar-refractivity contribution in [1.29, 1.82) is 0 Å². The Morgan fingerprint density at radius 1 is 0.688 bits per heavy atom. The fourth-order valence-electron chi connectivity index (χ4n) is 2.98. The van der Waals surface area contributed by atoms with Crippen molar-refractivity contribution in [2.24, 2.45) is 0 Å². The van der Waals surface area contributed by atoms with Crippen molar-refractivity contribution < 1.29 is 29.3 Å². The Balaban J connectivity index is 1.72. The van der Waals surface area contributed by atoms with E-state index in [1.54, 1.807) is 54.6 Å². The van der Waals surface area contributed by atoms with E-state index in [0.717, 1.165) is 0 Å². The molecule has 3 aromatic rings. The quantitative estimate of drug-likeness (QED) is 0.390. The highest BCUT2D eigenvalue weighted by Crippen LogP contribution is 2.27. The molecule has 0 unspecified atom stereocenters. The highest BCUT2D eigenvalue weighted by atomic mass is 16.5. The third-order valence-electron chi connectivity index (χ3n) is 4.69. The molecule has 0 amide bonds. The minimum atomic E-state index is -0.279. The number of hydrogen-bond donors (Lipinski definition) is 2. The topological polar surface area (TPSA) is 93.1 Å². The Bertz CT molecular complexity index is 1120. The molecule has 0 atom stereocenters. The van der Waals surface area contributed by atoms with Gasteiger partial charge in [0.05, 0.1) is 14.2 Å². The third kappa shape index (κ3) is 5.43. The van der Waals surface area contributed by atoms with Gasteiger partial charge in [-0.2, -0.15) is 0 Å². The van der Waals surface area contributed by atoms with Gasteiger partial charge in [0.1, 0.15) is 0 Å². The molecule has 3 rings (SSSR count). The van der Waals surface area contributed by atoms with E-state index in [9.17, 15) is 19.8 Å². The van der Waals surface area contributed by atoms with E-state index < -0.39 is 0 Å². The monoisotopic (exact) mass is 430 g/mol. The molecule has 2 N–H and O–H groups in total. The van der Waals surface area contributed by atoms with E-state index >= 15 is 0 Å². The lowest BCUT2D eigenvalue weighted by molar-refractivity contribution is 0.104. The standard InChI is InChI=1S/C26H22O6/c1-31-25-12-8-17(14-23(25)29)6-10-21(27)19-4-3-5-20(16-19)22(28)11-7-18-9-13-26(32-2)24(30)15-18/h3-16,29-30H,1-2H3/b10-6-,11-7+. The molecule has 6 heteroatoms. The summed E-state index contributed by atoms with van der Waals surface area (Å²) in [6.45, 7) is 0. The van der Waals surface area contributed by atoms with Crippen molar-refractivity contribution >= 4 is 23.7 Å². The molecule has 0 aliphatic carbocycles. The summed E-state index contributed by atoms with van der Waals surface area (Å²) in [4.78, 5) is 25.1. The fraction of sp³-hybridized carbons (Fsp3) is 0.0769. The lowest BCUT2D eigenvalue weighted by Crippen LogP contribution is -1.99. The zero-order valence-corrected chi connectivity index (χ0v) is 17.6. The van der Waals surface area contributed by atoms with E-state index in [1.165, 1.54) is 44.6 Å². The Kier molecular flexibility index (Phi) is 7.08. The van der Waals surface area contributed by atoms with Crippen molar-refractivity contribution in [3.05, 3.63) is 95.1 Å². The second-order valence-electron chi connectivity index (χ2n) is 6.84. The summed E-state index contributed by atoms with van der Waals surface area (Å²) < 4.78 is 10.00. The summed E-state index contributed by atoms with van der Waals surface area (Å²) in [6, 6.07) is 16.0. The number of aromatic hydroxyl groups is 2. The van der Waals surface area contributed by atoms with Crippen LogP contribution in [0.4, 0.5) is 0 Å². The van der Waals surface area contributed by atoms with Crippen LogP contribution in [0, 0.1) is 0 Å². The lowest BCUT2D eigenvalue weighted by Gasteiger charge is -2.04. The van der Waals surface area contributed by atoms with Gasteiger partial charge in [-0.1, -0.05) is 42.5 Å². The maximum atomic E-state index is 12.5. The smallest absolute Gasteiger partial charge is 0.185 e. The summed E-state index contributed by atoms with van der Waals surface area (Å²) in [5.74, 6) is 0.0894. The number of benzene rings is 3. The van der Waals surface area contributed by atoms with Crippen molar-refractivity contribution in [3.63, 3.8) is 0 Å². The molecule has 0 aliphatic heterocycles. The first-order valence-corrected chi connectivity index (χ1v) is 9.70. The van der Waals surface area contributed by atoms with Crippen LogP contribution in [0.5, 0.6) is 23.0 Å². The SMILES string of the molecule is COc1ccc(/C=C\C(=O)c2cccc(C(=O)/C=C/c3ccc(OC)c(O)c3)c2)cc1O. The number of allylic oxidation sites excluding steroid dienone is 2. The average Bonchev–Trinajstić information content (AvgIpc) is 2.81. The van der Waals surface area contributed by atoms with Crippen molar-refractivity contribution in [2.75, 3.05) is 14.2 Å². The molecule has 0 spiro atoms. The molecule has 0 radical (unpaired) electrons. The molecule has 6 nitrogen and oxygen atoms in total. The van der Waals surface area contributed by atoms with Crippen LogP contribution >= 0.6 is 0 Å². The molecule has 0 bridgehead atoms. The Hall–Kier alpha value is -4.32.